The second-order valence-electron chi connectivity index (χ2n) is 5.99. The van der Waals surface area contributed by atoms with Gasteiger partial charge in [-0.1, -0.05) is 48.5 Å². The topological polar surface area (TPSA) is 32.7 Å². The van der Waals surface area contributed by atoms with Gasteiger partial charge in [0.2, 0.25) is 0 Å². The molecule has 0 aromatic heterocycles. The number of rotatable bonds is 6. The zero-order chi connectivity index (χ0) is 15.3. The summed E-state index contributed by atoms with van der Waals surface area (Å²) in [6.07, 6.45) is 2.08. The van der Waals surface area contributed by atoms with Gasteiger partial charge < -0.3 is 9.84 Å². The Balaban J connectivity index is 1.69. The fraction of sp³-hybridized carbons (Fsp3) is 0.368. The van der Waals surface area contributed by atoms with Gasteiger partial charge in [0.25, 0.3) is 0 Å². The van der Waals surface area contributed by atoms with Crippen LogP contribution < -0.4 is 4.74 Å². The van der Waals surface area contributed by atoms with Crippen LogP contribution in [0.3, 0.4) is 0 Å². The van der Waals surface area contributed by atoms with E-state index in [1.807, 2.05) is 36.4 Å². The molecule has 3 heteroatoms. The lowest BCUT2D eigenvalue weighted by Crippen LogP contribution is -2.51. The van der Waals surface area contributed by atoms with E-state index in [9.17, 15) is 5.11 Å². The van der Waals surface area contributed by atoms with E-state index in [1.54, 1.807) is 0 Å². The maximum absolute atomic E-state index is 10.0. The van der Waals surface area contributed by atoms with Crippen molar-refractivity contribution in [3.8, 4) is 5.75 Å². The third-order valence-electron chi connectivity index (χ3n) is 4.50. The standard InChI is InChI=1S/C19H23NO2/c21-15-19(16-22-18-10-5-2-6-11-18)12-7-13-20(19)14-17-8-3-1-4-9-17/h1-6,8-11,21H,7,12-16H2. The molecule has 1 saturated heterocycles. The van der Waals surface area contributed by atoms with E-state index >= 15 is 0 Å². The van der Waals surface area contributed by atoms with Crippen LogP contribution in [0.25, 0.3) is 0 Å². The molecule has 1 atom stereocenters. The molecule has 2 aromatic rings. The van der Waals surface area contributed by atoms with Crippen LogP contribution in [0.2, 0.25) is 0 Å². The van der Waals surface area contributed by atoms with Crippen molar-refractivity contribution in [3.05, 3.63) is 66.2 Å². The number of para-hydroxylation sites is 1. The molecule has 0 amide bonds. The van der Waals surface area contributed by atoms with Gasteiger partial charge in [-0.25, -0.2) is 0 Å². The molecule has 3 rings (SSSR count). The van der Waals surface area contributed by atoms with Crippen LogP contribution in [-0.4, -0.2) is 35.3 Å². The molecule has 0 radical (unpaired) electrons. The van der Waals surface area contributed by atoms with Crippen molar-refractivity contribution in [1.82, 2.24) is 4.90 Å². The van der Waals surface area contributed by atoms with Gasteiger partial charge in [0.15, 0.2) is 0 Å². The van der Waals surface area contributed by atoms with E-state index in [0.717, 1.165) is 31.7 Å². The average molecular weight is 297 g/mol. The van der Waals surface area contributed by atoms with Gasteiger partial charge in [-0.3, -0.25) is 4.90 Å². The highest BCUT2D eigenvalue weighted by Crippen LogP contribution is 2.31. The molecule has 1 aliphatic rings. The zero-order valence-corrected chi connectivity index (χ0v) is 12.8. The Labute approximate surface area is 132 Å². The number of ether oxygens (including phenoxy) is 1. The van der Waals surface area contributed by atoms with Crippen LogP contribution in [0.1, 0.15) is 18.4 Å². The lowest BCUT2D eigenvalue weighted by molar-refractivity contribution is 0.0188. The van der Waals surface area contributed by atoms with Crippen molar-refractivity contribution < 1.29 is 9.84 Å². The minimum Gasteiger partial charge on any atom is -0.492 e. The molecule has 2 aromatic carbocycles. The number of benzene rings is 2. The summed E-state index contributed by atoms with van der Waals surface area (Å²) in [5.74, 6) is 0.863. The van der Waals surface area contributed by atoms with Crippen molar-refractivity contribution >= 4 is 0 Å². The summed E-state index contributed by atoms with van der Waals surface area (Å²) in [7, 11) is 0. The third-order valence-corrected chi connectivity index (χ3v) is 4.50. The zero-order valence-electron chi connectivity index (χ0n) is 12.8. The molecule has 1 unspecified atom stereocenters. The lowest BCUT2D eigenvalue weighted by atomic mass is 9.98. The summed E-state index contributed by atoms with van der Waals surface area (Å²) in [6, 6.07) is 20.3. The minimum atomic E-state index is -0.272. The SMILES string of the molecule is OCC1(COc2ccccc2)CCCN1Cc1ccccc1. The molecule has 0 bridgehead atoms. The Morgan fingerprint density at radius 1 is 1.00 bits per heavy atom. The summed E-state index contributed by atoms with van der Waals surface area (Å²) >= 11 is 0. The average Bonchev–Trinajstić information content (AvgIpc) is 2.98. The fourth-order valence-corrected chi connectivity index (χ4v) is 3.17. The van der Waals surface area contributed by atoms with Crippen molar-refractivity contribution in [1.29, 1.82) is 0 Å². The van der Waals surface area contributed by atoms with Crippen LogP contribution >= 0.6 is 0 Å². The van der Waals surface area contributed by atoms with Gasteiger partial charge in [-0.2, -0.15) is 0 Å². The van der Waals surface area contributed by atoms with E-state index in [1.165, 1.54) is 5.56 Å². The fourth-order valence-electron chi connectivity index (χ4n) is 3.17. The molecular formula is C19H23NO2. The van der Waals surface area contributed by atoms with Crippen LogP contribution in [0, 0.1) is 0 Å². The maximum Gasteiger partial charge on any atom is 0.119 e. The van der Waals surface area contributed by atoms with E-state index < -0.39 is 0 Å². The van der Waals surface area contributed by atoms with Crippen molar-refractivity contribution in [2.45, 2.75) is 24.9 Å². The van der Waals surface area contributed by atoms with E-state index in [2.05, 4.69) is 29.2 Å². The Morgan fingerprint density at radius 3 is 2.36 bits per heavy atom. The van der Waals surface area contributed by atoms with Gasteiger partial charge in [-0.15, -0.1) is 0 Å². The van der Waals surface area contributed by atoms with Gasteiger partial charge in [0, 0.05) is 6.54 Å². The predicted molar refractivity (Wildman–Crippen MR) is 87.8 cm³/mol. The van der Waals surface area contributed by atoms with Crippen LogP contribution in [0.15, 0.2) is 60.7 Å². The highest BCUT2D eigenvalue weighted by Gasteiger charge is 2.41. The molecule has 0 spiro atoms. The number of nitrogens with zero attached hydrogens (tertiary/aromatic N) is 1. The van der Waals surface area contributed by atoms with Gasteiger partial charge >= 0.3 is 0 Å². The van der Waals surface area contributed by atoms with E-state index in [0.29, 0.717) is 6.61 Å². The highest BCUT2D eigenvalue weighted by atomic mass is 16.5. The molecule has 0 saturated carbocycles. The predicted octanol–water partition coefficient (Wildman–Crippen LogP) is 3.09. The summed E-state index contributed by atoms with van der Waals surface area (Å²) in [6.45, 7) is 2.53. The molecular weight excluding hydrogens is 274 g/mol. The number of hydrogen-bond donors (Lipinski definition) is 1. The van der Waals surface area contributed by atoms with Gasteiger partial charge in [0.05, 0.1) is 12.1 Å². The maximum atomic E-state index is 10.0. The Morgan fingerprint density at radius 2 is 1.68 bits per heavy atom. The molecule has 1 heterocycles. The molecule has 0 aliphatic carbocycles. The Bertz CT molecular complexity index is 573. The molecule has 116 valence electrons. The van der Waals surface area contributed by atoms with Crippen LogP contribution in [-0.2, 0) is 6.54 Å². The Hall–Kier alpha value is -1.84. The number of likely N-dealkylation sites (tertiary alicyclic amines) is 1. The molecule has 1 fully saturated rings. The normalized spacial score (nSPS) is 21.9. The second-order valence-corrected chi connectivity index (χ2v) is 5.99. The first-order valence-corrected chi connectivity index (χ1v) is 7.90. The summed E-state index contributed by atoms with van der Waals surface area (Å²) in [5, 5.41) is 10.0. The third kappa shape index (κ3) is 3.32. The molecule has 1 aliphatic heterocycles. The van der Waals surface area contributed by atoms with Crippen molar-refractivity contribution in [2.24, 2.45) is 0 Å². The summed E-state index contributed by atoms with van der Waals surface area (Å²) in [5.41, 5.74) is 1.01. The molecule has 3 nitrogen and oxygen atoms in total. The molecule has 22 heavy (non-hydrogen) atoms. The first-order chi connectivity index (χ1) is 10.8. The first-order valence-electron chi connectivity index (χ1n) is 7.90. The van der Waals surface area contributed by atoms with E-state index in [4.69, 9.17) is 4.74 Å². The largest absolute Gasteiger partial charge is 0.492 e. The van der Waals surface area contributed by atoms with Crippen molar-refractivity contribution in [2.75, 3.05) is 19.8 Å². The number of aliphatic hydroxyl groups is 1. The minimum absolute atomic E-state index is 0.132. The lowest BCUT2D eigenvalue weighted by Gasteiger charge is -2.36. The molecule has 1 N–H and O–H groups in total. The number of aliphatic hydroxyl groups excluding tert-OH is 1. The number of hydrogen-bond acceptors (Lipinski definition) is 3. The quantitative estimate of drug-likeness (QED) is 0.889. The van der Waals surface area contributed by atoms with Gasteiger partial charge in [0.1, 0.15) is 12.4 Å². The van der Waals surface area contributed by atoms with Crippen LogP contribution in [0.4, 0.5) is 0 Å². The smallest absolute Gasteiger partial charge is 0.119 e. The van der Waals surface area contributed by atoms with Crippen molar-refractivity contribution in [3.63, 3.8) is 0 Å². The highest BCUT2D eigenvalue weighted by molar-refractivity contribution is 5.21. The Kier molecular flexibility index (Phi) is 4.76. The monoisotopic (exact) mass is 297 g/mol. The van der Waals surface area contributed by atoms with Gasteiger partial charge in [-0.05, 0) is 37.1 Å². The first kappa shape index (κ1) is 15.1. The summed E-state index contributed by atoms with van der Waals surface area (Å²) < 4.78 is 5.95. The van der Waals surface area contributed by atoms with Crippen LogP contribution in [0.5, 0.6) is 5.75 Å². The second kappa shape index (κ2) is 6.95. The van der Waals surface area contributed by atoms with E-state index in [-0.39, 0.29) is 12.1 Å². The summed E-state index contributed by atoms with van der Waals surface area (Å²) in [4.78, 5) is 2.37.